The third kappa shape index (κ3) is 5.06. The molecule has 204 valence electrons. The summed E-state index contributed by atoms with van der Waals surface area (Å²) < 4.78 is 50.3. The Balaban J connectivity index is 1.70. The number of likely N-dealkylation sites (tertiary alicyclic amines) is 1. The summed E-state index contributed by atoms with van der Waals surface area (Å²) in [6.45, 7) is 9.68. The Bertz CT molecular complexity index is 1280. The minimum atomic E-state index is -4.54. The lowest BCUT2D eigenvalue weighted by molar-refractivity contribution is -0.143. The van der Waals surface area contributed by atoms with Gasteiger partial charge in [-0.25, -0.2) is 0 Å². The number of fused-ring (bicyclic) bond motifs is 2. The Labute approximate surface area is 221 Å². The number of nitrogens with zero attached hydrogens (tertiary/aromatic N) is 2. The highest BCUT2D eigenvalue weighted by Gasteiger charge is 2.49. The van der Waals surface area contributed by atoms with Crippen LogP contribution in [0.4, 0.5) is 13.2 Å². The van der Waals surface area contributed by atoms with Gasteiger partial charge in [0.2, 0.25) is 0 Å². The van der Waals surface area contributed by atoms with Crippen molar-refractivity contribution >= 4 is 11.6 Å². The van der Waals surface area contributed by atoms with Gasteiger partial charge in [-0.15, -0.1) is 0 Å². The van der Waals surface area contributed by atoms with Crippen LogP contribution in [-0.2, 0) is 22.1 Å². The van der Waals surface area contributed by atoms with E-state index in [0.29, 0.717) is 60.6 Å². The van der Waals surface area contributed by atoms with Crippen LogP contribution < -0.4 is 0 Å². The van der Waals surface area contributed by atoms with Crippen LogP contribution in [0.2, 0.25) is 0 Å². The van der Waals surface area contributed by atoms with Crippen LogP contribution in [0.5, 0.6) is 0 Å². The molecule has 1 aromatic heterocycles. The number of hydrogen-bond acceptors (Lipinski definition) is 3. The summed E-state index contributed by atoms with van der Waals surface area (Å²) in [4.78, 5) is 15.0. The molecule has 8 heteroatoms. The van der Waals surface area contributed by atoms with Crippen LogP contribution in [0.1, 0.15) is 81.2 Å². The molecule has 1 saturated heterocycles. The number of carbonyl (C=O) groups excluding carboxylic acids is 1. The zero-order chi connectivity index (χ0) is 27.9. The first-order chi connectivity index (χ1) is 17.8. The number of alkyl halides is 3. The van der Waals surface area contributed by atoms with E-state index >= 15 is 0 Å². The second-order valence-corrected chi connectivity index (χ2v) is 10.5. The Morgan fingerprint density at radius 1 is 1.11 bits per heavy atom. The molecule has 3 heterocycles. The summed E-state index contributed by atoms with van der Waals surface area (Å²) in [5.41, 5.74) is 0.154. The van der Waals surface area contributed by atoms with Crippen molar-refractivity contribution in [3.63, 3.8) is 0 Å². The van der Waals surface area contributed by atoms with E-state index < -0.39 is 23.1 Å². The van der Waals surface area contributed by atoms with Crippen LogP contribution >= 0.6 is 0 Å². The standard InChI is InChI=1S/C30H35F3N2O3/c1-6-8-9-23-26(20(3)7-2)38-29(24-14-15-25(35(23)24)30(31,32)33)16-18-34(19-17-29)27(36)21-10-12-22(13-11-21)28(4,5)37/h6,8-15,37H,7,16-19H2,1-5H3/b8-6-,23-9+,26-20-. The molecule has 0 aliphatic carbocycles. The number of aromatic nitrogens is 1. The Morgan fingerprint density at radius 3 is 2.26 bits per heavy atom. The SMILES string of the molecule is C\C=C/C=C1\C(=C(/C)CC)OC2(CCN(C(=O)c3ccc(C(C)(C)O)cc3)CC2)c2ccc(C(F)(F)F)n21. The molecule has 0 saturated carbocycles. The number of carbonyl (C=O) groups is 1. The first-order valence-electron chi connectivity index (χ1n) is 13.0. The molecule has 1 amide bonds. The van der Waals surface area contributed by atoms with Crippen molar-refractivity contribution in [2.45, 2.75) is 71.3 Å². The average Bonchev–Trinajstić information content (AvgIpc) is 3.34. The van der Waals surface area contributed by atoms with Crippen molar-refractivity contribution in [2.75, 3.05) is 13.1 Å². The molecule has 1 aromatic carbocycles. The van der Waals surface area contributed by atoms with Gasteiger partial charge in [0.1, 0.15) is 11.5 Å². The van der Waals surface area contributed by atoms with Gasteiger partial charge in [0.25, 0.3) is 5.91 Å². The Morgan fingerprint density at radius 2 is 1.74 bits per heavy atom. The van der Waals surface area contributed by atoms with Crippen LogP contribution in [0.3, 0.4) is 0 Å². The third-order valence-corrected chi connectivity index (χ3v) is 7.47. The average molecular weight is 529 g/mol. The highest BCUT2D eigenvalue weighted by atomic mass is 19.4. The summed E-state index contributed by atoms with van der Waals surface area (Å²) in [7, 11) is 0. The van der Waals surface area contributed by atoms with E-state index in [0.717, 1.165) is 11.6 Å². The van der Waals surface area contributed by atoms with Crippen molar-refractivity contribution in [1.29, 1.82) is 0 Å². The number of aliphatic hydroxyl groups is 1. The van der Waals surface area contributed by atoms with Crippen molar-refractivity contribution in [2.24, 2.45) is 0 Å². The molecule has 2 aromatic rings. The number of halogens is 3. The predicted molar refractivity (Wildman–Crippen MR) is 141 cm³/mol. The first kappa shape index (κ1) is 27.8. The summed E-state index contributed by atoms with van der Waals surface area (Å²) >= 11 is 0. The largest absolute Gasteiger partial charge is 0.479 e. The normalized spacial score (nSPS) is 20.1. The summed E-state index contributed by atoms with van der Waals surface area (Å²) in [6.07, 6.45) is 1.96. The molecule has 38 heavy (non-hydrogen) atoms. The lowest BCUT2D eigenvalue weighted by Crippen LogP contribution is -2.49. The third-order valence-electron chi connectivity index (χ3n) is 7.47. The van der Waals surface area contributed by atoms with Crippen LogP contribution in [0.15, 0.2) is 66.0 Å². The minimum absolute atomic E-state index is 0.154. The lowest BCUT2D eigenvalue weighted by Gasteiger charge is -2.46. The maximum Gasteiger partial charge on any atom is 0.431 e. The Kier molecular flexibility index (Phi) is 7.40. The molecule has 2 aliphatic rings. The number of benzene rings is 1. The molecular formula is C30H35F3N2O3. The fourth-order valence-electron chi connectivity index (χ4n) is 5.11. The van der Waals surface area contributed by atoms with E-state index in [-0.39, 0.29) is 5.91 Å². The molecule has 5 nitrogen and oxygen atoms in total. The highest BCUT2D eigenvalue weighted by molar-refractivity contribution is 5.94. The number of piperidine rings is 1. The molecule has 1 N–H and O–H groups in total. The lowest BCUT2D eigenvalue weighted by atomic mass is 9.85. The molecule has 0 unspecified atom stereocenters. The fraction of sp³-hybridized carbons (Fsp3) is 0.433. The quantitative estimate of drug-likeness (QED) is 0.465. The fourth-order valence-corrected chi connectivity index (χ4v) is 5.11. The van der Waals surface area contributed by atoms with Crippen LogP contribution in [0.25, 0.3) is 5.70 Å². The predicted octanol–water partition coefficient (Wildman–Crippen LogP) is 7.00. The molecule has 4 rings (SSSR count). The van der Waals surface area contributed by atoms with Gasteiger partial charge in [-0.3, -0.25) is 4.79 Å². The number of amides is 1. The molecule has 1 spiro atoms. The maximum atomic E-state index is 14.1. The topological polar surface area (TPSA) is 54.7 Å². The van der Waals surface area contributed by atoms with Crippen LogP contribution in [-0.4, -0.2) is 33.6 Å². The van der Waals surface area contributed by atoms with E-state index in [9.17, 15) is 23.1 Å². The van der Waals surface area contributed by atoms with Gasteiger partial charge < -0.3 is 19.3 Å². The van der Waals surface area contributed by atoms with Gasteiger partial charge in [0.15, 0.2) is 5.60 Å². The minimum Gasteiger partial charge on any atom is -0.479 e. The second kappa shape index (κ2) is 10.1. The van der Waals surface area contributed by atoms with Crippen molar-refractivity contribution in [3.05, 3.63) is 88.5 Å². The summed E-state index contributed by atoms with van der Waals surface area (Å²) in [5.74, 6) is 0.306. The second-order valence-electron chi connectivity index (χ2n) is 10.5. The summed E-state index contributed by atoms with van der Waals surface area (Å²) in [5, 5.41) is 10.2. The van der Waals surface area contributed by atoms with Crippen molar-refractivity contribution in [1.82, 2.24) is 9.47 Å². The number of rotatable bonds is 4. The molecule has 0 radical (unpaired) electrons. The van der Waals surface area contributed by atoms with Gasteiger partial charge in [0.05, 0.1) is 17.0 Å². The zero-order valence-corrected chi connectivity index (χ0v) is 22.5. The van der Waals surface area contributed by atoms with Gasteiger partial charge in [-0.2, -0.15) is 13.2 Å². The number of allylic oxidation sites excluding steroid dienone is 5. The molecule has 2 aliphatic heterocycles. The summed E-state index contributed by atoms with van der Waals surface area (Å²) in [6, 6.07) is 9.49. The van der Waals surface area contributed by atoms with Gasteiger partial charge in [-0.05, 0) is 75.6 Å². The maximum absolute atomic E-state index is 14.1. The first-order valence-corrected chi connectivity index (χ1v) is 13.0. The number of hydrogen-bond donors (Lipinski definition) is 1. The Hall–Kier alpha value is -3.26. The molecule has 0 atom stereocenters. The monoisotopic (exact) mass is 528 g/mol. The smallest absolute Gasteiger partial charge is 0.431 e. The van der Waals surface area contributed by atoms with E-state index in [1.165, 1.54) is 10.6 Å². The molecule has 1 fully saturated rings. The van der Waals surface area contributed by atoms with E-state index in [2.05, 4.69) is 0 Å². The van der Waals surface area contributed by atoms with Gasteiger partial charge >= 0.3 is 6.18 Å². The molecular weight excluding hydrogens is 493 g/mol. The van der Waals surface area contributed by atoms with E-state index in [1.807, 2.05) is 20.8 Å². The van der Waals surface area contributed by atoms with Gasteiger partial charge in [-0.1, -0.05) is 31.2 Å². The van der Waals surface area contributed by atoms with Crippen molar-refractivity contribution < 1.29 is 27.8 Å². The zero-order valence-electron chi connectivity index (χ0n) is 22.5. The highest BCUT2D eigenvalue weighted by Crippen LogP contribution is 2.49. The van der Waals surface area contributed by atoms with Crippen molar-refractivity contribution in [3.8, 4) is 0 Å². The van der Waals surface area contributed by atoms with E-state index in [1.54, 1.807) is 61.2 Å². The number of ether oxygens (including phenoxy) is 1. The van der Waals surface area contributed by atoms with Crippen LogP contribution in [0, 0.1) is 0 Å². The van der Waals surface area contributed by atoms with E-state index in [4.69, 9.17) is 4.74 Å². The van der Waals surface area contributed by atoms with Gasteiger partial charge in [0, 0.05) is 31.5 Å². The molecule has 0 bridgehead atoms.